The molecule has 4 aromatic heterocycles. The normalized spacial score (nSPS) is 18.3. The first-order chi connectivity index (χ1) is 55.9. The van der Waals surface area contributed by atoms with Gasteiger partial charge in [0.1, 0.15) is 28.2 Å². The zero-order valence-electron chi connectivity index (χ0n) is 81.7. The maximum Gasteiger partial charge on any atom is 0.213 e. The van der Waals surface area contributed by atoms with Crippen molar-refractivity contribution in [1.82, 2.24) is 0 Å². The minimum absolute atomic E-state index is 0.0391. The molecule has 0 spiro atoms. The third-order valence-corrected chi connectivity index (χ3v) is 19.8. The van der Waals surface area contributed by atoms with Crippen molar-refractivity contribution >= 4 is 0 Å². The molecule has 99 heavy (non-hydrogen) atoms. The summed E-state index contributed by atoms with van der Waals surface area (Å²) in [5.74, 6) is 0. The average molecular weight is 1330 g/mol. The van der Waals surface area contributed by atoms with Crippen molar-refractivity contribution in [2.45, 2.75) is 153 Å². The van der Waals surface area contributed by atoms with Crippen LogP contribution in [0.25, 0.3) is 89.5 Å². The highest BCUT2D eigenvalue weighted by Crippen LogP contribution is 2.47. The second-order valence-electron chi connectivity index (χ2n) is 28.0. The summed E-state index contributed by atoms with van der Waals surface area (Å²) in [5, 5.41) is 0. The van der Waals surface area contributed by atoms with E-state index in [4.69, 9.17) is 30.2 Å². The molecule has 4 heteroatoms. The van der Waals surface area contributed by atoms with E-state index in [9.17, 15) is 0 Å². The highest BCUT2D eigenvalue weighted by molar-refractivity contribution is 5.79. The smallest absolute Gasteiger partial charge is 0.201 e. The van der Waals surface area contributed by atoms with Crippen LogP contribution in [0.5, 0.6) is 0 Å². The Morgan fingerprint density at radius 3 is 1.27 bits per heavy atom. The molecule has 0 saturated heterocycles. The molecular formula is C95H106N4+4. The summed E-state index contributed by atoms with van der Waals surface area (Å²) in [6.07, 6.45) is 6.23. The van der Waals surface area contributed by atoms with Crippen LogP contribution in [0.4, 0.5) is 0 Å². The lowest BCUT2D eigenvalue weighted by Crippen LogP contribution is -2.40. The van der Waals surface area contributed by atoms with Crippen molar-refractivity contribution in [1.29, 1.82) is 0 Å². The Labute approximate surface area is 625 Å². The molecule has 0 radical (unpaired) electrons. The fraction of sp³-hybridized carbons (Fsp3) is 0.284. The molecule has 4 heterocycles. The second-order valence-corrected chi connectivity index (χ2v) is 28.0. The zero-order chi connectivity index (χ0) is 89.4. The van der Waals surface area contributed by atoms with Crippen LogP contribution in [-0.4, -0.2) is 0 Å². The first-order valence-corrected chi connectivity index (χ1v) is 33.9. The van der Waals surface area contributed by atoms with Gasteiger partial charge < -0.3 is 0 Å². The Kier molecular flexibility index (Phi) is 14.1. The van der Waals surface area contributed by atoms with E-state index in [0.29, 0.717) is 55.9 Å². The van der Waals surface area contributed by atoms with Gasteiger partial charge in [0.15, 0.2) is 24.8 Å². The first-order valence-electron chi connectivity index (χ1n) is 44.9. The Hall–Kier alpha value is -9.64. The molecule has 0 atom stereocenters. The van der Waals surface area contributed by atoms with Crippen LogP contribution >= 0.6 is 0 Å². The number of aromatic nitrogens is 4. The molecule has 0 amide bonds. The van der Waals surface area contributed by atoms with Gasteiger partial charge >= 0.3 is 0 Å². The van der Waals surface area contributed by atoms with Gasteiger partial charge in [-0.05, 0) is 250 Å². The number of rotatable bonds is 8. The monoisotopic (exact) mass is 1320 g/mol. The largest absolute Gasteiger partial charge is 0.213 e. The number of aryl methyl sites for hydroxylation is 18. The summed E-state index contributed by atoms with van der Waals surface area (Å²) in [5.41, 5.74) is 24.5. The van der Waals surface area contributed by atoms with Gasteiger partial charge in [-0.15, -0.1) is 0 Å². The van der Waals surface area contributed by atoms with E-state index in [1.165, 1.54) is 58.1 Å². The molecule has 2 aliphatic carbocycles. The van der Waals surface area contributed by atoms with E-state index < -0.39 is 53.9 Å². The minimum Gasteiger partial charge on any atom is -0.201 e. The quantitative estimate of drug-likeness (QED) is 0.135. The minimum atomic E-state index is -2.46. The molecule has 0 saturated carbocycles. The molecule has 4 nitrogen and oxygen atoms in total. The van der Waals surface area contributed by atoms with Crippen molar-refractivity contribution in [3.63, 3.8) is 0 Å². The molecular weight excluding hydrogens is 1200 g/mol. The number of fused-ring (bicyclic) bond motifs is 2. The van der Waals surface area contributed by atoms with E-state index in [0.717, 1.165) is 73.4 Å². The topological polar surface area (TPSA) is 15.5 Å². The molecule has 2 aliphatic rings. The Morgan fingerprint density at radius 1 is 0.293 bits per heavy atom. The molecule has 0 bridgehead atoms. The van der Waals surface area contributed by atoms with Gasteiger partial charge in [-0.25, -0.2) is 18.3 Å². The summed E-state index contributed by atoms with van der Waals surface area (Å²) in [6.45, 7) is 7.59. The van der Waals surface area contributed by atoms with Gasteiger partial charge in [0, 0.05) is 98.9 Å². The lowest BCUT2D eigenvalue weighted by molar-refractivity contribution is -0.661. The summed E-state index contributed by atoms with van der Waals surface area (Å²) in [6, 6.07) is 59.6. The number of hydrogen-bond acceptors (Lipinski definition) is 0. The summed E-state index contributed by atoms with van der Waals surface area (Å²) in [7, 11) is 7.65. The maximum absolute atomic E-state index is 8.34. The molecule has 12 aromatic rings. The standard InChI is InChI=1S/C28H34N.C23H24N.2C22H24N/c1-19-15-20(2)23(16-22(19)21-11-9-8-10-12-21)26-17-24-25(18-29(26)7)28(5,6)14-13-27(24,3)4;1-16-12-17(2)22(14-21(16)18-8-5-4-6-9-18)23-13-19-10-7-11-20(19)15-24(23)3;1-15-10-11-20(17(3)12-15)22-13-21(18(4)14-23(22)5)19-9-7-6-8-16(19)2;1-15-10-11-20(17(3)12-15)22-13-18(4)21(14-23(22)5)19-9-7-6-8-16(19)2/h8-12,15-18H,13-14H2,1-7H3;4-6,8-9,12-15H,7,10-11H2,1-3H3;2*6-14H,1-5H3/q4*+1/i1D3;1D3,10D2,11D2;1D3,2D3,4D3;1D3. The van der Waals surface area contributed by atoms with Gasteiger partial charge in [0.2, 0.25) is 22.8 Å². The van der Waals surface area contributed by atoms with Crippen LogP contribution in [0.1, 0.15) is 166 Å². The van der Waals surface area contributed by atoms with E-state index in [1.54, 1.807) is 97.0 Å². The van der Waals surface area contributed by atoms with Crippen LogP contribution in [0, 0.1) is 82.7 Å². The van der Waals surface area contributed by atoms with Gasteiger partial charge in [-0.2, -0.15) is 0 Å². The number of hydrogen-bond donors (Lipinski definition) is 0. The van der Waals surface area contributed by atoms with Crippen LogP contribution in [0.15, 0.2) is 219 Å². The summed E-state index contributed by atoms with van der Waals surface area (Å²) < 4.78 is 183. The highest BCUT2D eigenvalue weighted by Gasteiger charge is 2.40. The summed E-state index contributed by atoms with van der Waals surface area (Å²) >= 11 is 0. The van der Waals surface area contributed by atoms with Crippen LogP contribution in [0.2, 0.25) is 0 Å². The first kappa shape index (κ1) is 47.4. The third-order valence-electron chi connectivity index (χ3n) is 19.8. The van der Waals surface area contributed by atoms with Gasteiger partial charge in [-0.3, -0.25) is 0 Å². The van der Waals surface area contributed by atoms with Gasteiger partial charge in [0.05, 0.1) is 0 Å². The van der Waals surface area contributed by atoms with E-state index in [1.807, 2.05) is 107 Å². The van der Waals surface area contributed by atoms with E-state index in [-0.39, 0.29) is 39.5 Å². The van der Waals surface area contributed by atoms with Crippen LogP contribution < -0.4 is 18.3 Å². The molecule has 502 valence electrons. The average Bonchev–Trinajstić information content (AvgIpc) is 1.54. The lowest BCUT2D eigenvalue weighted by atomic mass is 9.63. The molecule has 0 aliphatic heterocycles. The lowest BCUT2D eigenvalue weighted by Gasteiger charge is -2.40. The summed E-state index contributed by atoms with van der Waals surface area (Å²) in [4.78, 5) is 0. The second kappa shape index (κ2) is 29.4. The Morgan fingerprint density at radius 2 is 0.727 bits per heavy atom. The number of benzene rings is 8. The van der Waals surface area contributed by atoms with Crippen molar-refractivity contribution in [2.24, 2.45) is 28.2 Å². The van der Waals surface area contributed by atoms with Gasteiger partial charge in [-0.1, -0.05) is 184 Å². The number of pyridine rings is 4. The Bertz CT molecular complexity index is 5910. The third kappa shape index (κ3) is 15.3. The van der Waals surface area contributed by atoms with Crippen LogP contribution in [-0.2, 0) is 51.8 Å². The predicted molar refractivity (Wildman–Crippen MR) is 418 cm³/mol. The van der Waals surface area contributed by atoms with E-state index in [2.05, 4.69) is 113 Å². The predicted octanol–water partition coefficient (Wildman–Crippen LogP) is 21.9. The number of nitrogens with zero attached hydrogens (tertiary/aromatic N) is 4. The fourth-order valence-electron chi connectivity index (χ4n) is 14.0. The highest BCUT2D eigenvalue weighted by atomic mass is 14.9. The van der Waals surface area contributed by atoms with Crippen LogP contribution in [0.3, 0.4) is 0 Å². The van der Waals surface area contributed by atoms with Gasteiger partial charge in [0.25, 0.3) is 0 Å². The molecule has 0 N–H and O–H groups in total. The fourth-order valence-corrected chi connectivity index (χ4v) is 14.0. The maximum atomic E-state index is 8.34. The van der Waals surface area contributed by atoms with E-state index >= 15 is 0 Å². The van der Waals surface area contributed by atoms with Crippen molar-refractivity contribution in [3.05, 3.63) is 308 Å². The zero-order valence-corrected chi connectivity index (χ0v) is 59.7. The van der Waals surface area contributed by atoms with Crippen molar-refractivity contribution in [2.75, 3.05) is 0 Å². The van der Waals surface area contributed by atoms with Crippen molar-refractivity contribution in [3.8, 4) is 89.5 Å². The molecule has 0 fully saturated rings. The van der Waals surface area contributed by atoms with Crippen molar-refractivity contribution < 1.29 is 48.4 Å². The molecule has 14 rings (SSSR count). The Balaban J connectivity index is 0.000000158. The molecule has 0 unspecified atom stereocenters. The molecule has 8 aromatic carbocycles. The SMILES string of the molecule is [2H]C([2H])([2H])c1cc(C)c(-c2cc3c(c[n+]2C)C(C)(C)CCC3(C)C)cc1-c1ccccc1.[2H]C([2H])([2H])c1cc(C)c(-c2cc3c(c[n+]2C)C([2H])([2H])CC3([2H])[2H])cc1-c1ccccc1.[2H]C([2H])([2H])c1ccc(-c2cc(-c3ccccc3C([2H])([2H])[2H])c(C([2H])([2H])[2H])c[n+]2C)c(C)c1.[2H]C([2H])([2H])c1ccc(-c2cc(C)c(-c3ccccc3C)c[n+]2C)c(C)c1.